The summed E-state index contributed by atoms with van der Waals surface area (Å²) >= 11 is 0. The summed E-state index contributed by atoms with van der Waals surface area (Å²) in [5.41, 5.74) is 7.50. The zero-order valence-electron chi connectivity index (χ0n) is 12.3. The molecular weight excluding hydrogens is 236 g/mol. The molecule has 1 aromatic rings. The van der Waals surface area contributed by atoms with Crippen molar-refractivity contribution in [3.8, 4) is 0 Å². The van der Waals surface area contributed by atoms with Gasteiger partial charge in [0, 0.05) is 24.7 Å². The molecular formula is C16H26N2O. The Bertz CT molecular complexity index is 391. The number of nitrogens with two attached hydrogens (primary N) is 1. The van der Waals surface area contributed by atoms with Crippen LogP contribution in [0, 0.1) is 0 Å². The van der Waals surface area contributed by atoms with Gasteiger partial charge in [0.1, 0.15) is 0 Å². The van der Waals surface area contributed by atoms with Crippen LogP contribution in [0.5, 0.6) is 0 Å². The summed E-state index contributed by atoms with van der Waals surface area (Å²) in [5.74, 6) is 0.434. The van der Waals surface area contributed by atoms with Gasteiger partial charge in [-0.25, -0.2) is 0 Å². The van der Waals surface area contributed by atoms with Crippen molar-refractivity contribution in [2.45, 2.75) is 38.3 Å². The van der Waals surface area contributed by atoms with Gasteiger partial charge in [-0.1, -0.05) is 37.3 Å². The van der Waals surface area contributed by atoms with Crippen LogP contribution in [0.3, 0.4) is 0 Å². The minimum Gasteiger partial charge on any atom is -0.378 e. The monoisotopic (exact) mass is 262 g/mol. The lowest BCUT2D eigenvalue weighted by atomic mass is 9.88. The van der Waals surface area contributed by atoms with Gasteiger partial charge in [0.05, 0.1) is 13.2 Å². The Morgan fingerprint density at radius 2 is 2.00 bits per heavy atom. The summed E-state index contributed by atoms with van der Waals surface area (Å²) < 4.78 is 5.61. The first-order valence-corrected chi connectivity index (χ1v) is 7.16. The van der Waals surface area contributed by atoms with E-state index in [0.717, 1.165) is 19.8 Å². The average molecular weight is 262 g/mol. The molecule has 0 amide bonds. The van der Waals surface area contributed by atoms with Gasteiger partial charge in [0.25, 0.3) is 0 Å². The summed E-state index contributed by atoms with van der Waals surface area (Å²) in [4.78, 5) is 2.52. The van der Waals surface area contributed by atoms with Gasteiger partial charge < -0.3 is 10.5 Å². The molecule has 1 saturated heterocycles. The highest BCUT2D eigenvalue weighted by Crippen LogP contribution is 2.29. The maximum Gasteiger partial charge on any atom is 0.0645 e. The predicted octanol–water partition coefficient (Wildman–Crippen LogP) is 2.23. The lowest BCUT2D eigenvalue weighted by Crippen LogP contribution is -2.60. The minimum atomic E-state index is 0.0608. The van der Waals surface area contributed by atoms with Crippen LogP contribution in [0.15, 0.2) is 30.3 Å². The minimum absolute atomic E-state index is 0.0608. The largest absolute Gasteiger partial charge is 0.378 e. The van der Waals surface area contributed by atoms with E-state index in [1.807, 2.05) is 0 Å². The molecule has 0 aliphatic carbocycles. The van der Waals surface area contributed by atoms with E-state index in [9.17, 15) is 0 Å². The van der Waals surface area contributed by atoms with Gasteiger partial charge in [0.2, 0.25) is 0 Å². The molecule has 2 atom stereocenters. The van der Waals surface area contributed by atoms with E-state index in [2.05, 4.69) is 56.0 Å². The Hall–Kier alpha value is -0.900. The molecule has 0 radical (unpaired) electrons. The second-order valence-electron chi connectivity index (χ2n) is 6.06. The number of ether oxygens (including phenoxy) is 1. The second-order valence-corrected chi connectivity index (χ2v) is 6.06. The van der Waals surface area contributed by atoms with Gasteiger partial charge in [-0.2, -0.15) is 0 Å². The van der Waals surface area contributed by atoms with Gasteiger partial charge in [-0.15, -0.1) is 0 Å². The Morgan fingerprint density at radius 1 is 1.32 bits per heavy atom. The first-order chi connectivity index (χ1) is 9.06. The molecule has 1 aliphatic heterocycles. The van der Waals surface area contributed by atoms with E-state index >= 15 is 0 Å². The number of nitrogens with zero attached hydrogens (tertiary/aromatic N) is 1. The SMILES string of the molecule is CC(c1ccccc1)C(CN)N1CCOCC1(C)C. The average Bonchev–Trinajstić information content (AvgIpc) is 2.42. The van der Waals surface area contributed by atoms with Crippen LogP contribution < -0.4 is 5.73 Å². The predicted molar refractivity (Wildman–Crippen MR) is 79.3 cm³/mol. The molecule has 0 aromatic heterocycles. The van der Waals surface area contributed by atoms with Gasteiger partial charge in [-0.3, -0.25) is 4.90 Å². The third-order valence-electron chi connectivity index (χ3n) is 4.25. The zero-order chi connectivity index (χ0) is 13.9. The molecule has 1 aliphatic rings. The Kier molecular flexibility index (Phi) is 4.61. The molecule has 3 heteroatoms. The van der Waals surface area contributed by atoms with E-state index in [-0.39, 0.29) is 5.54 Å². The van der Waals surface area contributed by atoms with Crippen LogP contribution in [0.4, 0.5) is 0 Å². The van der Waals surface area contributed by atoms with Crippen LogP contribution >= 0.6 is 0 Å². The Balaban J connectivity index is 2.19. The van der Waals surface area contributed by atoms with Crippen molar-refractivity contribution < 1.29 is 4.74 Å². The molecule has 0 saturated carbocycles. The molecule has 3 nitrogen and oxygen atoms in total. The quantitative estimate of drug-likeness (QED) is 0.904. The highest BCUT2D eigenvalue weighted by Gasteiger charge is 2.37. The van der Waals surface area contributed by atoms with E-state index in [0.29, 0.717) is 18.5 Å². The Labute approximate surface area is 116 Å². The first-order valence-electron chi connectivity index (χ1n) is 7.16. The normalized spacial score (nSPS) is 22.9. The van der Waals surface area contributed by atoms with Crippen LogP contribution in [-0.4, -0.2) is 42.8 Å². The van der Waals surface area contributed by atoms with Crippen molar-refractivity contribution in [3.63, 3.8) is 0 Å². The van der Waals surface area contributed by atoms with Gasteiger partial charge in [0.15, 0.2) is 0 Å². The molecule has 0 bridgehead atoms. The van der Waals surface area contributed by atoms with Crippen LogP contribution in [0.1, 0.15) is 32.3 Å². The smallest absolute Gasteiger partial charge is 0.0645 e. The fourth-order valence-corrected chi connectivity index (χ4v) is 3.07. The maximum absolute atomic E-state index is 6.08. The molecule has 2 unspecified atom stereocenters. The summed E-state index contributed by atoms with van der Waals surface area (Å²) in [6.45, 7) is 10.00. The van der Waals surface area contributed by atoms with Crippen molar-refractivity contribution in [3.05, 3.63) is 35.9 Å². The van der Waals surface area contributed by atoms with Crippen molar-refractivity contribution in [2.24, 2.45) is 5.73 Å². The molecule has 1 aromatic carbocycles. The van der Waals surface area contributed by atoms with E-state index < -0.39 is 0 Å². The molecule has 2 N–H and O–H groups in total. The molecule has 1 heterocycles. The van der Waals surface area contributed by atoms with Crippen LogP contribution in [0.25, 0.3) is 0 Å². The molecule has 106 valence electrons. The zero-order valence-corrected chi connectivity index (χ0v) is 12.3. The van der Waals surface area contributed by atoms with Gasteiger partial charge >= 0.3 is 0 Å². The molecule has 2 rings (SSSR count). The molecule has 1 fully saturated rings. The lowest BCUT2D eigenvalue weighted by Gasteiger charge is -2.48. The topological polar surface area (TPSA) is 38.5 Å². The third kappa shape index (κ3) is 3.16. The van der Waals surface area contributed by atoms with Gasteiger partial charge in [-0.05, 0) is 25.3 Å². The Morgan fingerprint density at radius 3 is 2.58 bits per heavy atom. The van der Waals surface area contributed by atoms with Crippen LogP contribution in [0.2, 0.25) is 0 Å². The number of morpholine rings is 1. The number of rotatable bonds is 4. The van der Waals surface area contributed by atoms with E-state index in [1.54, 1.807) is 0 Å². The lowest BCUT2D eigenvalue weighted by molar-refractivity contribution is -0.0741. The highest BCUT2D eigenvalue weighted by atomic mass is 16.5. The standard InChI is InChI=1S/C16H26N2O/c1-13(14-7-5-4-6-8-14)15(11-17)18-9-10-19-12-16(18,2)3/h4-8,13,15H,9-12,17H2,1-3H3. The van der Waals surface area contributed by atoms with Crippen molar-refractivity contribution in [1.82, 2.24) is 4.90 Å². The summed E-state index contributed by atoms with van der Waals surface area (Å²) in [6, 6.07) is 11.0. The van der Waals surface area contributed by atoms with E-state index in [4.69, 9.17) is 10.5 Å². The second kappa shape index (κ2) is 6.04. The van der Waals surface area contributed by atoms with E-state index in [1.165, 1.54) is 5.56 Å². The third-order valence-corrected chi connectivity index (χ3v) is 4.25. The number of benzene rings is 1. The fourth-order valence-electron chi connectivity index (χ4n) is 3.07. The van der Waals surface area contributed by atoms with Crippen molar-refractivity contribution >= 4 is 0 Å². The maximum atomic E-state index is 6.08. The number of hydrogen-bond donors (Lipinski definition) is 1. The molecule has 0 spiro atoms. The van der Waals surface area contributed by atoms with Crippen molar-refractivity contribution in [2.75, 3.05) is 26.3 Å². The number of hydrogen-bond acceptors (Lipinski definition) is 3. The fraction of sp³-hybridized carbons (Fsp3) is 0.625. The summed E-state index contributed by atoms with van der Waals surface area (Å²) in [5, 5.41) is 0. The van der Waals surface area contributed by atoms with Crippen molar-refractivity contribution in [1.29, 1.82) is 0 Å². The summed E-state index contributed by atoms with van der Waals surface area (Å²) in [7, 11) is 0. The highest BCUT2D eigenvalue weighted by molar-refractivity contribution is 5.21. The van der Waals surface area contributed by atoms with Crippen LogP contribution in [-0.2, 0) is 4.74 Å². The molecule has 19 heavy (non-hydrogen) atoms. The summed E-state index contributed by atoms with van der Waals surface area (Å²) in [6.07, 6.45) is 0. The first kappa shape index (κ1) is 14.5.